The van der Waals surface area contributed by atoms with Crippen LogP contribution in [-0.4, -0.2) is 63.1 Å². The van der Waals surface area contributed by atoms with Crippen molar-refractivity contribution < 1.29 is 24.2 Å². The number of amides is 2. The molecule has 0 bridgehead atoms. The molecule has 1 aliphatic heterocycles. The van der Waals surface area contributed by atoms with Gasteiger partial charge in [-0.2, -0.15) is 5.10 Å². The van der Waals surface area contributed by atoms with E-state index in [1.54, 1.807) is 10.9 Å². The van der Waals surface area contributed by atoms with Crippen LogP contribution >= 0.6 is 11.3 Å². The van der Waals surface area contributed by atoms with Gasteiger partial charge in [0.15, 0.2) is 0 Å². The van der Waals surface area contributed by atoms with Crippen molar-refractivity contribution in [3.8, 4) is 0 Å². The van der Waals surface area contributed by atoms with Crippen molar-refractivity contribution >= 4 is 34.8 Å². The maximum Gasteiger partial charge on any atom is 0.290 e. The summed E-state index contributed by atoms with van der Waals surface area (Å²) >= 11 is 1.32. The van der Waals surface area contributed by atoms with Gasteiger partial charge in [-0.15, -0.1) is 10.2 Å². The lowest BCUT2D eigenvalue weighted by atomic mass is 10.1. The number of nitrogens with one attached hydrogen (secondary N) is 1. The summed E-state index contributed by atoms with van der Waals surface area (Å²) in [5.41, 5.74) is 0. The van der Waals surface area contributed by atoms with E-state index >= 15 is 0 Å². The Balaban J connectivity index is 0.000000878. The summed E-state index contributed by atoms with van der Waals surface area (Å²) in [5, 5.41) is 23.1. The molecule has 12 heteroatoms. The van der Waals surface area contributed by atoms with Crippen LogP contribution in [0, 0.1) is 5.92 Å². The second-order valence-electron chi connectivity index (χ2n) is 5.69. The maximum absolute atomic E-state index is 12.3. The zero-order valence-corrected chi connectivity index (χ0v) is 16.2. The quantitative estimate of drug-likeness (QED) is 0.586. The fraction of sp³-hybridized carbons (Fsp3) is 0.500. The van der Waals surface area contributed by atoms with Crippen LogP contribution in [-0.2, 0) is 32.3 Å². The Morgan fingerprint density at radius 3 is 2.96 bits per heavy atom. The molecule has 1 fully saturated rings. The van der Waals surface area contributed by atoms with E-state index in [2.05, 4.69) is 20.6 Å². The van der Waals surface area contributed by atoms with E-state index in [1.165, 1.54) is 16.2 Å². The van der Waals surface area contributed by atoms with Gasteiger partial charge < -0.3 is 15.2 Å². The summed E-state index contributed by atoms with van der Waals surface area (Å²) in [5.74, 6) is -0.599. The van der Waals surface area contributed by atoms with Gasteiger partial charge in [-0.05, 0) is 13.0 Å². The highest BCUT2D eigenvalue weighted by atomic mass is 32.1. The molecular formula is C16H22N6O5S. The molecule has 152 valence electrons. The fourth-order valence-electron chi connectivity index (χ4n) is 2.54. The molecule has 0 saturated carbocycles. The third-order valence-corrected chi connectivity index (χ3v) is 4.73. The van der Waals surface area contributed by atoms with Crippen molar-refractivity contribution in [3.05, 3.63) is 23.5 Å². The highest BCUT2D eigenvalue weighted by Gasteiger charge is 2.36. The zero-order chi connectivity index (χ0) is 20.4. The van der Waals surface area contributed by atoms with E-state index in [4.69, 9.17) is 14.6 Å². The first kappa shape index (κ1) is 21.4. The molecule has 2 N–H and O–H groups in total. The summed E-state index contributed by atoms with van der Waals surface area (Å²) < 4.78 is 7.03. The Labute approximate surface area is 165 Å². The Hall–Kier alpha value is -2.86. The summed E-state index contributed by atoms with van der Waals surface area (Å²) in [4.78, 5) is 34.4. The number of ether oxygens (including phenoxy) is 1. The van der Waals surface area contributed by atoms with Crippen LogP contribution in [0.3, 0.4) is 0 Å². The number of carbonyl (C=O) groups is 3. The summed E-state index contributed by atoms with van der Waals surface area (Å²) in [6, 6.07) is 1.83. The summed E-state index contributed by atoms with van der Waals surface area (Å²) in [6.07, 6.45) is 3.72. The van der Waals surface area contributed by atoms with Crippen LogP contribution in [0.2, 0.25) is 0 Å². The summed E-state index contributed by atoms with van der Waals surface area (Å²) in [6.45, 7) is 4.03. The van der Waals surface area contributed by atoms with E-state index in [0.29, 0.717) is 38.0 Å². The monoisotopic (exact) mass is 410 g/mol. The number of hydrogen-bond acceptors (Lipinski definition) is 8. The molecule has 1 unspecified atom stereocenters. The molecule has 0 aliphatic carbocycles. The summed E-state index contributed by atoms with van der Waals surface area (Å²) in [7, 11) is 0. The molecule has 0 radical (unpaired) electrons. The number of aromatic nitrogens is 4. The fourth-order valence-corrected chi connectivity index (χ4v) is 3.34. The third kappa shape index (κ3) is 6.09. The highest BCUT2D eigenvalue weighted by Crippen LogP contribution is 2.28. The van der Waals surface area contributed by atoms with E-state index in [0.717, 1.165) is 5.01 Å². The van der Waals surface area contributed by atoms with Crippen LogP contribution in [0.4, 0.5) is 5.13 Å². The van der Waals surface area contributed by atoms with Crippen LogP contribution < -0.4 is 10.2 Å². The number of nitrogens with zero attached hydrogens (tertiary/aromatic N) is 5. The van der Waals surface area contributed by atoms with Gasteiger partial charge in [-0.25, -0.2) is 0 Å². The van der Waals surface area contributed by atoms with Crippen molar-refractivity contribution in [2.45, 2.75) is 26.5 Å². The van der Waals surface area contributed by atoms with Gasteiger partial charge in [-0.3, -0.25) is 24.0 Å². The van der Waals surface area contributed by atoms with Crippen LogP contribution in [0.25, 0.3) is 0 Å². The average Bonchev–Trinajstić information content (AvgIpc) is 3.41. The van der Waals surface area contributed by atoms with Gasteiger partial charge in [0.1, 0.15) is 11.6 Å². The van der Waals surface area contributed by atoms with E-state index in [-0.39, 0.29) is 30.6 Å². The molecular weight excluding hydrogens is 388 g/mol. The molecule has 2 aromatic rings. The lowest BCUT2D eigenvalue weighted by Gasteiger charge is -2.12. The minimum Gasteiger partial charge on any atom is -0.483 e. The topological polar surface area (TPSA) is 140 Å². The van der Waals surface area contributed by atoms with Gasteiger partial charge in [0.25, 0.3) is 6.47 Å². The SMILES string of the molecule is CCOCc1nnc(N2CC(C(=O)NCCn3cccn3)CC2=O)s1.O=CO. The third-order valence-electron chi connectivity index (χ3n) is 3.81. The average molecular weight is 410 g/mol. The Kier molecular flexibility index (Phi) is 8.49. The Bertz CT molecular complexity index is 765. The molecule has 0 spiro atoms. The van der Waals surface area contributed by atoms with Gasteiger partial charge in [0.2, 0.25) is 16.9 Å². The van der Waals surface area contributed by atoms with E-state index in [9.17, 15) is 9.59 Å². The standard InChI is InChI=1S/C15H20N6O3S.CH2O2/c1-2-24-10-12-18-19-15(25-12)21-9-11(8-13(21)22)14(23)16-5-7-20-6-3-4-17-20;2-1-3/h3-4,6,11H,2,5,7-10H2,1H3,(H,16,23);1H,(H,2,3). The molecule has 28 heavy (non-hydrogen) atoms. The largest absolute Gasteiger partial charge is 0.483 e. The molecule has 3 rings (SSSR count). The smallest absolute Gasteiger partial charge is 0.290 e. The first-order valence-corrected chi connectivity index (χ1v) is 9.44. The van der Waals surface area contributed by atoms with Crippen LogP contribution in [0.15, 0.2) is 18.5 Å². The van der Waals surface area contributed by atoms with E-state index in [1.807, 2.05) is 19.2 Å². The molecule has 0 aromatic carbocycles. The van der Waals surface area contributed by atoms with Gasteiger partial charge in [0, 0.05) is 38.5 Å². The first-order valence-electron chi connectivity index (χ1n) is 8.62. The maximum atomic E-state index is 12.3. The zero-order valence-electron chi connectivity index (χ0n) is 15.4. The minimum absolute atomic E-state index is 0.105. The molecule has 1 atom stereocenters. The van der Waals surface area contributed by atoms with Crippen molar-refractivity contribution in [3.63, 3.8) is 0 Å². The molecule has 2 aromatic heterocycles. The molecule has 11 nitrogen and oxygen atoms in total. The predicted molar refractivity (Wildman–Crippen MR) is 99.6 cm³/mol. The number of carboxylic acid groups (broad SMARTS) is 1. The highest BCUT2D eigenvalue weighted by molar-refractivity contribution is 7.15. The van der Waals surface area contributed by atoms with Crippen LogP contribution in [0.1, 0.15) is 18.4 Å². The first-order chi connectivity index (χ1) is 13.6. The van der Waals surface area contributed by atoms with Gasteiger partial charge >= 0.3 is 0 Å². The second-order valence-corrected chi connectivity index (χ2v) is 6.73. The predicted octanol–water partition coefficient (Wildman–Crippen LogP) is 0.141. The van der Waals surface area contributed by atoms with Crippen molar-refractivity contribution in [1.82, 2.24) is 25.3 Å². The number of rotatable bonds is 8. The normalized spacial score (nSPS) is 15.8. The molecule has 1 aliphatic rings. The van der Waals surface area contributed by atoms with Gasteiger partial charge in [-0.1, -0.05) is 11.3 Å². The Morgan fingerprint density at radius 2 is 2.29 bits per heavy atom. The van der Waals surface area contributed by atoms with Crippen molar-refractivity contribution in [2.24, 2.45) is 5.92 Å². The lowest BCUT2D eigenvalue weighted by Crippen LogP contribution is -2.34. The second kappa shape index (κ2) is 11.1. The number of hydrogen-bond donors (Lipinski definition) is 2. The van der Waals surface area contributed by atoms with Crippen molar-refractivity contribution in [2.75, 3.05) is 24.6 Å². The van der Waals surface area contributed by atoms with Crippen LogP contribution in [0.5, 0.6) is 0 Å². The van der Waals surface area contributed by atoms with E-state index < -0.39 is 0 Å². The molecule has 1 saturated heterocycles. The van der Waals surface area contributed by atoms with Crippen molar-refractivity contribution in [1.29, 1.82) is 0 Å². The molecule has 3 heterocycles. The number of anilines is 1. The minimum atomic E-state index is -0.371. The van der Waals surface area contributed by atoms with Gasteiger partial charge in [0.05, 0.1) is 12.5 Å². The number of carbonyl (C=O) groups excluding carboxylic acids is 2. The Morgan fingerprint density at radius 1 is 1.50 bits per heavy atom. The molecule has 2 amide bonds. The lowest BCUT2D eigenvalue weighted by molar-refractivity contribution is -0.126.